The molecule has 0 radical (unpaired) electrons. The quantitative estimate of drug-likeness (QED) is 0.559. The molecule has 21 heavy (non-hydrogen) atoms. The van der Waals surface area contributed by atoms with Crippen LogP contribution in [-0.2, 0) is 4.79 Å². The summed E-state index contributed by atoms with van der Waals surface area (Å²) in [4.78, 5) is 36.5. The molecule has 1 aromatic carbocycles. The molecule has 1 heterocycles. The van der Waals surface area contributed by atoms with Crippen molar-refractivity contribution in [1.29, 1.82) is 0 Å². The Balaban J connectivity index is 2.18. The summed E-state index contributed by atoms with van der Waals surface area (Å²) in [7, 11) is 0. The smallest absolute Gasteiger partial charge is 0.241 e. The number of ketones is 3. The maximum atomic E-state index is 12.5. The predicted molar refractivity (Wildman–Crippen MR) is 82.7 cm³/mol. The number of furan rings is 1. The van der Waals surface area contributed by atoms with Gasteiger partial charge in [-0.2, -0.15) is 0 Å². The van der Waals surface area contributed by atoms with E-state index >= 15 is 0 Å². The second kappa shape index (κ2) is 5.20. The maximum Gasteiger partial charge on any atom is 0.241 e. The van der Waals surface area contributed by atoms with Crippen LogP contribution in [0.15, 0.2) is 45.5 Å². The first kappa shape index (κ1) is 14.2. The molecule has 0 N–H and O–H groups in total. The third-order valence-electron chi connectivity index (χ3n) is 3.10. The van der Waals surface area contributed by atoms with Crippen LogP contribution in [0.2, 0.25) is 0 Å². The zero-order chi connectivity index (χ0) is 15.1. The Morgan fingerprint density at radius 3 is 2.29 bits per heavy atom. The van der Waals surface area contributed by atoms with E-state index in [1.165, 1.54) is 6.26 Å². The summed E-state index contributed by atoms with van der Waals surface area (Å²) in [6.07, 6.45) is 1.21. The molecule has 0 spiro atoms. The third kappa shape index (κ3) is 2.15. The maximum absolute atomic E-state index is 12.5. The van der Waals surface area contributed by atoms with Crippen molar-refractivity contribution in [2.24, 2.45) is 0 Å². The lowest BCUT2D eigenvalue weighted by Crippen LogP contribution is -2.21. The van der Waals surface area contributed by atoms with Crippen molar-refractivity contribution < 1.29 is 18.8 Å². The van der Waals surface area contributed by atoms with E-state index in [2.05, 4.69) is 31.9 Å². The van der Waals surface area contributed by atoms with E-state index in [0.29, 0.717) is 10.0 Å². The number of carbonyl (C=O) groups is 3. The highest BCUT2D eigenvalue weighted by atomic mass is 79.9. The van der Waals surface area contributed by atoms with Gasteiger partial charge in [-0.1, -0.05) is 30.3 Å². The van der Waals surface area contributed by atoms with Gasteiger partial charge in [0.2, 0.25) is 11.6 Å². The molecule has 0 unspecified atom stereocenters. The lowest BCUT2D eigenvalue weighted by Gasteiger charge is -2.10. The fourth-order valence-electron chi connectivity index (χ4n) is 2.07. The Morgan fingerprint density at radius 2 is 1.62 bits per heavy atom. The standard InChI is InChI=1S/C15H6Br2O4/c16-10-11(17)15-9(13(19)14(10)20)8(6-21-15)12(18)7-4-2-1-3-5-7/h1-6H. The number of rotatable bonds is 2. The minimum atomic E-state index is -0.756. The van der Waals surface area contributed by atoms with Crippen LogP contribution < -0.4 is 0 Å². The first-order chi connectivity index (χ1) is 10.0. The number of fused-ring (bicyclic) bond motifs is 1. The van der Waals surface area contributed by atoms with Crippen LogP contribution in [0.25, 0.3) is 4.48 Å². The monoisotopic (exact) mass is 408 g/mol. The van der Waals surface area contributed by atoms with Gasteiger partial charge >= 0.3 is 0 Å². The normalized spacial score (nSPS) is 14.4. The molecule has 2 aromatic rings. The Bertz CT molecular complexity index is 815. The van der Waals surface area contributed by atoms with Gasteiger partial charge in [0.1, 0.15) is 6.26 Å². The Hall–Kier alpha value is -1.79. The van der Waals surface area contributed by atoms with Crippen LogP contribution in [0.1, 0.15) is 32.0 Å². The Labute approximate surface area is 136 Å². The molecule has 0 bridgehead atoms. The summed E-state index contributed by atoms with van der Waals surface area (Å²) >= 11 is 6.23. The lowest BCUT2D eigenvalue weighted by molar-refractivity contribution is -0.111. The molecule has 6 heteroatoms. The van der Waals surface area contributed by atoms with Crippen molar-refractivity contribution in [3.8, 4) is 0 Å². The average molecular weight is 410 g/mol. The summed E-state index contributed by atoms with van der Waals surface area (Å²) < 4.78 is 5.72. The van der Waals surface area contributed by atoms with Crippen LogP contribution in [0, 0.1) is 0 Å². The molecule has 1 aliphatic rings. The number of halogens is 2. The van der Waals surface area contributed by atoms with Crippen molar-refractivity contribution in [2.45, 2.75) is 0 Å². The third-order valence-corrected chi connectivity index (χ3v) is 5.14. The minimum absolute atomic E-state index is 0.00364. The van der Waals surface area contributed by atoms with Gasteiger partial charge < -0.3 is 4.42 Å². The first-order valence-electron chi connectivity index (χ1n) is 5.88. The zero-order valence-corrected chi connectivity index (χ0v) is 13.5. The molecule has 4 nitrogen and oxygen atoms in total. The van der Waals surface area contributed by atoms with E-state index in [-0.39, 0.29) is 27.2 Å². The molecule has 0 fully saturated rings. The van der Waals surface area contributed by atoms with Crippen molar-refractivity contribution >= 4 is 53.7 Å². The number of hydrogen-bond donors (Lipinski definition) is 0. The van der Waals surface area contributed by atoms with Crippen molar-refractivity contribution in [1.82, 2.24) is 0 Å². The lowest BCUT2D eigenvalue weighted by atomic mass is 9.94. The molecule has 0 amide bonds. The zero-order valence-electron chi connectivity index (χ0n) is 10.4. The number of allylic oxidation sites excluding steroid dienone is 1. The van der Waals surface area contributed by atoms with Gasteiger partial charge in [0.05, 0.1) is 20.1 Å². The van der Waals surface area contributed by atoms with Gasteiger partial charge in [-0.25, -0.2) is 0 Å². The van der Waals surface area contributed by atoms with Crippen molar-refractivity contribution in [3.63, 3.8) is 0 Å². The van der Waals surface area contributed by atoms with Crippen molar-refractivity contribution in [2.75, 3.05) is 0 Å². The largest absolute Gasteiger partial charge is 0.462 e. The van der Waals surface area contributed by atoms with E-state index in [1.54, 1.807) is 30.3 Å². The summed E-state index contributed by atoms with van der Waals surface area (Å²) in [5.74, 6) is -1.64. The second-order valence-corrected chi connectivity index (χ2v) is 5.92. The van der Waals surface area contributed by atoms with Gasteiger partial charge in [0.15, 0.2) is 11.5 Å². The van der Waals surface area contributed by atoms with Gasteiger partial charge in [-0.15, -0.1) is 0 Å². The van der Waals surface area contributed by atoms with Crippen LogP contribution in [0.4, 0.5) is 0 Å². The Kier molecular flexibility index (Phi) is 3.51. The molecule has 0 aliphatic heterocycles. The highest BCUT2D eigenvalue weighted by Gasteiger charge is 2.37. The molecule has 3 rings (SSSR count). The van der Waals surface area contributed by atoms with Gasteiger partial charge in [-0.05, 0) is 31.9 Å². The number of Topliss-reactive ketones (excluding diaryl/α,β-unsaturated/α-hetero) is 2. The molecular weight excluding hydrogens is 404 g/mol. The molecule has 0 saturated heterocycles. The average Bonchev–Trinajstić information content (AvgIpc) is 2.96. The topological polar surface area (TPSA) is 64.3 Å². The molecule has 1 aliphatic carbocycles. The Morgan fingerprint density at radius 1 is 0.952 bits per heavy atom. The van der Waals surface area contributed by atoms with E-state index in [1.807, 2.05) is 0 Å². The van der Waals surface area contributed by atoms with E-state index in [4.69, 9.17) is 4.42 Å². The van der Waals surface area contributed by atoms with Crippen LogP contribution >= 0.6 is 31.9 Å². The molecule has 0 atom stereocenters. The van der Waals surface area contributed by atoms with Gasteiger partial charge in [-0.3, -0.25) is 14.4 Å². The number of carbonyl (C=O) groups excluding carboxylic acids is 3. The number of hydrogen-bond acceptors (Lipinski definition) is 4. The van der Waals surface area contributed by atoms with Gasteiger partial charge in [0.25, 0.3) is 0 Å². The summed E-state index contributed by atoms with van der Waals surface area (Å²) in [5.41, 5.74) is 0.515. The first-order valence-corrected chi connectivity index (χ1v) is 7.47. The SMILES string of the molecule is O=C1C(=O)c2c(C(=O)c3ccccc3)coc2C(Br)=C1Br. The number of benzene rings is 1. The van der Waals surface area contributed by atoms with Crippen molar-refractivity contribution in [3.05, 3.63) is 63.5 Å². The molecule has 1 aromatic heterocycles. The predicted octanol–water partition coefficient (Wildman–Crippen LogP) is 3.73. The fourth-order valence-corrected chi connectivity index (χ4v) is 2.90. The van der Waals surface area contributed by atoms with Crippen LogP contribution in [0.5, 0.6) is 0 Å². The molecule has 0 saturated carbocycles. The molecular formula is C15H6Br2O4. The van der Waals surface area contributed by atoms with E-state index in [9.17, 15) is 14.4 Å². The van der Waals surface area contributed by atoms with Crippen LogP contribution in [-0.4, -0.2) is 17.3 Å². The second-order valence-electron chi connectivity index (χ2n) is 4.33. The minimum Gasteiger partial charge on any atom is -0.462 e. The van der Waals surface area contributed by atoms with Crippen LogP contribution in [0.3, 0.4) is 0 Å². The van der Waals surface area contributed by atoms with E-state index < -0.39 is 11.6 Å². The molecule has 104 valence electrons. The summed E-state index contributed by atoms with van der Waals surface area (Å²) in [6, 6.07) is 8.50. The van der Waals surface area contributed by atoms with Gasteiger partial charge in [0, 0.05) is 5.56 Å². The highest BCUT2D eigenvalue weighted by Crippen LogP contribution is 2.39. The fraction of sp³-hybridized carbons (Fsp3) is 0. The highest BCUT2D eigenvalue weighted by molar-refractivity contribution is 9.16. The van der Waals surface area contributed by atoms with E-state index in [0.717, 1.165) is 0 Å². The summed E-state index contributed by atoms with van der Waals surface area (Å²) in [6.45, 7) is 0. The summed E-state index contributed by atoms with van der Waals surface area (Å²) in [5, 5.41) is 0.